The van der Waals surface area contributed by atoms with E-state index in [1.807, 2.05) is 0 Å². The molecule has 0 radical (unpaired) electrons. The van der Waals surface area contributed by atoms with E-state index in [2.05, 4.69) is 10.1 Å². The summed E-state index contributed by atoms with van der Waals surface area (Å²) in [5, 5.41) is 4.36. The average molecular weight is 360 g/mol. The van der Waals surface area contributed by atoms with Gasteiger partial charge < -0.3 is 9.26 Å². The molecule has 0 atom stereocenters. The van der Waals surface area contributed by atoms with Gasteiger partial charge in [-0.25, -0.2) is 4.39 Å². The molecule has 1 aliphatic rings. The van der Waals surface area contributed by atoms with E-state index in [-0.39, 0.29) is 30.8 Å². The smallest absolute Gasteiger partial charge is 0.265 e. The first-order chi connectivity index (χ1) is 12.1. The van der Waals surface area contributed by atoms with Gasteiger partial charge in [0.25, 0.3) is 5.91 Å². The molecule has 6 nitrogen and oxygen atoms in total. The number of carbonyl (C=O) groups excluding carboxylic acids is 1. The number of amides is 1. The number of halogens is 2. The third-order valence-corrected chi connectivity index (χ3v) is 3.96. The molecule has 0 bridgehead atoms. The van der Waals surface area contributed by atoms with Crippen molar-refractivity contribution in [3.63, 3.8) is 0 Å². The second-order valence-corrected chi connectivity index (χ2v) is 5.84. The predicted molar refractivity (Wildman–Crippen MR) is 87.8 cm³/mol. The van der Waals surface area contributed by atoms with Gasteiger partial charge in [-0.3, -0.25) is 9.69 Å². The normalized spacial score (nSPS) is 13.5. The van der Waals surface area contributed by atoms with Crippen molar-refractivity contribution in [3.05, 3.63) is 59.2 Å². The molecule has 8 heteroatoms. The molecule has 0 aliphatic carbocycles. The van der Waals surface area contributed by atoms with Gasteiger partial charge in [-0.2, -0.15) is 4.98 Å². The summed E-state index contributed by atoms with van der Waals surface area (Å²) in [6.45, 7) is 0.0112. The molecule has 4 rings (SSSR count). The maximum Gasteiger partial charge on any atom is 0.265 e. The summed E-state index contributed by atoms with van der Waals surface area (Å²) >= 11 is 6.01. The fraction of sp³-hybridized carbons (Fsp3) is 0.118. The molecule has 25 heavy (non-hydrogen) atoms. The van der Waals surface area contributed by atoms with Crippen molar-refractivity contribution >= 4 is 23.2 Å². The maximum atomic E-state index is 13.0. The second-order valence-electron chi connectivity index (χ2n) is 5.40. The first-order valence-corrected chi connectivity index (χ1v) is 7.79. The fourth-order valence-corrected chi connectivity index (χ4v) is 2.69. The highest BCUT2D eigenvalue weighted by molar-refractivity contribution is 6.31. The molecule has 1 amide bonds. The number of fused-ring (bicyclic) bond motifs is 1. The maximum absolute atomic E-state index is 13.0. The van der Waals surface area contributed by atoms with Crippen LogP contribution in [0.15, 0.2) is 47.0 Å². The highest BCUT2D eigenvalue weighted by Gasteiger charge is 2.27. The van der Waals surface area contributed by atoms with Gasteiger partial charge in [0, 0.05) is 10.6 Å². The van der Waals surface area contributed by atoms with Crippen molar-refractivity contribution in [2.75, 3.05) is 11.5 Å². The number of ether oxygens (including phenoxy) is 1. The first-order valence-electron chi connectivity index (χ1n) is 7.41. The number of aromatic nitrogens is 2. The quantitative estimate of drug-likeness (QED) is 0.716. The lowest BCUT2D eigenvalue weighted by molar-refractivity contribution is -0.121. The van der Waals surface area contributed by atoms with E-state index in [1.54, 1.807) is 30.3 Å². The van der Waals surface area contributed by atoms with Crippen LogP contribution in [0.4, 0.5) is 10.1 Å². The number of rotatable bonds is 3. The molecule has 1 aromatic heterocycles. The van der Waals surface area contributed by atoms with Crippen LogP contribution < -0.4 is 9.64 Å². The Labute approximate surface area is 146 Å². The topological polar surface area (TPSA) is 68.5 Å². The minimum Gasteiger partial charge on any atom is -0.482 e. The summed E-state index contributed by atoms with van der Waals surface area (Å²) in [4.78, 5) is 18.0. The van der Waals surface area contributed by atoms with Crippen LogP contribution >= 0.6 is 11.6 Å². The van der Waals surface area contributed by atoms with Crippen molar-refractivity contribution in [2.45, 2.75) is 6.54 Å². The zero-order valence-electron chi connectivity index (χ0n) is 12.8. The number of benzene rings is 2. The summed E-state index contributed by atoms with van der Waals surface area (Å²) in [6.07, 6.45) is 0. The third kappa shape index (κ3) is 3.06. The summed E-state index contributed by atoms with van der Waals surface area (Å²) in [5.74, 6) is 0.543. The van der Waals surface area contributed by atoms with Crippen molar-refractivity contribution in [1.29, 1.82) is 0 Å². The van der Waals surface area contributed by atoms with Gasteiger partial charge in [0.15, 0.2) is 6.61 Å². The van der Waals surface area contributed by atoms with Crippen molar-refractivity contribution in [1.82, 2.24) is 10.1 Å². The second kappa shape index (κ2) is 6.18. The number of hydrogen-bond donors (Lipinski definition) is 0. The summed E-state index contributed by atoms with van der Waals surface area (Å²) < 4.78 is 23.6. The Morgan fingerprint density at radius 2 is 2.00 bits per heavy atom. The minimum atomic E-state index is -0.347. The molecule has 0 saturated carbocycles. The Morgan fingerprint density at radius 1 is 1.20 bits per heavy atom. The highest BCUT2D eigenvalue weighted by Crippen LogP contribution is 2.35. The van der Waals surface area contributed by atoms with Gasteiger partial charge in [-0.05, 0) is 42.5 Å². The van der Waals surface area contributed by atoms with Crippen LogP contribution in [0.2, 0.25) is 5.02 Å². The highest BCUT2D eigenvalue weighted by atomic mass is 35.5. The van der Waals surface area contributed by atoms with Crippen LogP contribution in [-0.4, -0.2) is 22.7 Å². The van der Waals surface area contributed by atoms with E-state index in [1.165, 1.54) is 17.0 Å². The third-order valence-electron chi connectivity index (χ3n) is 3.73. The Hall–Kier alpha value is -2.93. The number of nitrogens with zero attached hydrogens (tertiary/aromatic N) is 3. The van der Waals surface area contributed by atoms with Crippen LogP contribution in [0.5, 0.6) is 5.75 Å². The molecule has 0 N–H and O–H groups in total. The van der Waals surface area contributed by atoms with Crippen LogP contribution in [-0.2, 0) is 11.3 Å². The molecular formula is C17H11ClFN3O3. The monoisotopic (exact) mass is 359 g/mol. The van der Waals surface area contributed by atoms with E-state index >= 15 is 0 Å². The van der Waals surface area contributed by atoms with Gasteiger partial charge >= 0.3 is 0 Å². The van der Waals surface area contributed by atoms with E-state index in [9.17, 15) is 9.18 Å². The molecule has 0 unspecified atom stereocenters. The summed E-state index contributed by atoms with van der Waals surface area (Å²) in [6, 6.07) is 10.8. The van der Waals surface area contributed by atoms with Gasteiger partial charge in [0.1, 0.15) is 18.1 Å². The lowest BCUT2D eigenvalue weighted by Crippen LogP contribution is -2.38. The van der Waals surface area contributed by atoms with Gasteiger partial charge in [0.05, 0.1) is 5.69 Å². The molecule has 0 saturated heterocycles. The van der Waals surface area contributed by atoms with Gasteiger partial charge in [-0.15, -0.1) is 0 Å². The Bertz CT molecular complexity index is 943. The van der Waals surface area contributed by atoms with Crippen LogP contribution in [0.3, 0.4) is 0 Å². The molecule has 0 fully saturated rings. The molecule has 126 valence electrons. The summed E-state index contributed by atoms with van der Waals surface area (Å²) in [7, 11) is 0. The van der Waals surface area contributed by atoms with Gasteiger partial charge in [-0.1, -0.05) is 16.8 Å². The molecule has 1 aliphatic heterocycles. The zero-order valence-corrected chi connectivity index (χ0v) is 13.5. The Kier molecular flexibility index (Phi) is 3.85. The SMILES string of the molecule is O=C1COc2ccc(Cl)cc2N1Cc1nc(-c2ccc(F)cc2)no1. The molecule has 2 aromatic carbocycles. The van der Waals surface area contributed by atoms with Crippen LogP contribution in [0.25, 0.3) is 11.4 Å². The predicted octanol–water partition coefficient (Wildman–Crippen LogP) is 3.45. The standard InChI is InChI=1S/C17H11ClFN3O3/c18-11-3-6-14-13(7-11)22(16(23)9-24-14)8-15-20-17(21-25-15)10-1-4-12(19)5-2-10/h1-7H,8-9H2. The van der Waals surface area contributed by atoms with Crippen LogP contribution in [0, 0.1) is 5.82 Å². The zero-order chi connectivity index (χ0) is 17.4. The molecule has 3 aromatic rings. The number of hydrogen-bond acceptors (Lipinski definition) is 5. The van der Waals surface area contributed by atoms with E-state index < -0.39 is 0 Å². The number of anilines is 1. The fourth-order valence-electron chi connectivity index (χ4n) is 2.52. The van der Waals surface area contributed by atoms with E-state index in [4.69, 9.17) is 20.9 Å². The van der Waals surface area contributed by atoms with Crippen LogP contribution in [0.1, 0.15) is 5.89 Å². The lowest BCUT2D eigenvalue weighted by Gasteiger charge is -2.28. The van der Waals surface area contributed by atoms with Gasteiger partial charge in [0.2, 0.25) is 11.7 Å². The number of carbonyl (C=O) groups is 1. The van der Waals surface area contributed by atoms with E-state index in [0.717, 1.165) is 0 Å². The van der Waals surface area contributed by atoms with Crippen molar-refractivity contribution in [2.24, 2.45) is 0 Å². The molecular weight excluding hydrogens is 349 g/mol. The average Bonchev–Trinajstić information content (AvgIpc) is 3.07. The van der Waals surface area contributed by atoms with Crippen molar-refractivity contribution < 1.29 is 18.4 Å². The summed E-state index contributed by atoms with van der Waals surface area (Å²) in [5.41, 5.74) is 1.17. The Balaban J connectivity index is 1.62. The molecule has 2 heterocycles. The Morgan fingerprint density at radius 3 is 2.80 bits per heavy atom. The first kappa shape index (κ1) is 15.6. The largest absolute Gasteiger partial charge is 0.482 e. The minimum absolute atomic E-state index is 0.0758. The lowest BCUT2D eigenvalue weighted by atomic mass is 10.2. The molecule has 0 spiro atoms. The van der Waals surface area contributed by atoms with Crippen molar-refractivity contribution in [3.8, 4) is 17.1 Å². The van der Waals surface area contributed by atoms with E-state index in [0.29, 0.717) is 27.8 Å².